The van der Waals surface area contributed by atoms with E-state index < -0.39 is 17.4 Å². The maximum absolute atomic E-state index is 13.6. The van der Waals surface area contributed by atoms with Crippen LogP contribution >= 0.6 is 0 Å². The Kier molecular flexibility index (Phi) is 5.18. The van der Waals surface area contributed by atoms with Crippen LogP contribution in [0.4, 0.5) is 0 Å². The molecule has 2 amide bonds. The minimum Gasteiger partial charge on any atom is -0.497 e. The average Bonchev–Trinajstić information content (AvgIpc) is 3.63. The minimum atomic E-state index is -0.721. The number of nitrogens with one attached hydrogen (secondary N) is 2. The van der Waals surface area contributed by atoms with E-state index in [4.69, 9.17) is 9.47 Å². The summed E-state index contributed by atoms with van der Waals surface area (Å²) < 4.78 is 11.5. The van der Waals surface area contributed by atoms with E-state index in [1.165, 1.54) is 5.39 Å². The fourth-order valence-corrected chi connectivity index (χ4v) is 5.99. The summed E-state index contributed by atoms with van der Waals surface area (Å²) in [6.45, 7) is 2.98. The minimum absolute atomic E-state index is 0.0167. The molecule has 1 aromatic heterocycles. The number of nitrogens with zero attached hydrogens (tertiary/aromatic N) is 1. The van der Waals surface area contributed by atoms with Crippen LogP contribution in [0.1, 0.15) is 24.1 Å². The Hall–Kier alpha value is -3.58. The number of benzene rings is 2. The van der Waals surface area contributed by atoms with E-state index in [9.17, 15) is 9.59 Å². The SMILES string of the molecule is COc1ccc([C@@H](C)N2C[C@]34C=C[C@@H](O3)[C@@H](C(=O)NCCc3c[nH]c5ccccc35)[C@@H]4C2=O)cc1. The predicted octanol–water partition coefficient (Wildman–Crippen LogP) is 3.38. The molecule has 2 saturated heterocycles. The Labute approximate surface area is 204 Å². The van der Waals surface area contributed by atoms with Crippen LogP contribution in [0.2, 0.25) is 0 Å². The fraction of sp³-hybridized carbons (Fsp3) is 0.357. The summed E-state index contributed by atoms with van der Waals surface area (Å²) in [7, 11) is 1.63. The molecule has 0 unspecified atom stereocenters. The van der Waals surface area contributed by atoms with Gasteiger partial charge < -0.3 is 24.7 Å². The van der Waals surface area contributed by atoms with Gasteiger partial charge in [0.2, 0.25) is 11.8 Å². The zero-order chi connectivity index (χ0) is 24.2. The van der Waals surface area contributed by atoms with Gasteiger partial charge in [-0.3, -0.25) is 9.59 Å². The molecule has 4 heterocycles. The first kappa shape index (κ1) is 21.9. The maximum atomic E-state index is 13.6. The number of hydrogen-bond acceptors (Lipinski definition) is 4. The lowest BCUT2D eigenvalue weighted by Crippen LogP contribution is -2.44. The van der Waals surface area contributed by atoms with Gasteiger partial charge in [0.05, 0.1) is 37.6 Å². The number of aromatic amines is 1. The number of rotatable bonds is 7. The van der Waals surface area contributed by atoms with E-state index in [1.807, 2.05) is 72.6 Å². The van der Waals surface area contributed by atoms with E-state index in [1.54, 1.807) is 7.11 Å². The van der Waals surface area contributed by atoms with Crippen molar-refractivity contribution < 1.29 is 19.1 Å². The third-order valence-corrected chi connectivity index (χ3v) is 7.87. The van der Waals surface area contributed by atoms with Gasteiger partial charge >= 0.3 is 0 Å². The number of likely N-dealkylation sites (tertiary alicyclic amines) is 1. The van der Waals surface area contributed by atoms with Crippen LogP contribution in [-0.4, -0.2) is 53.6 Å². The number of aromatic nitrogens is 1. The van der Waals surface area contributed by atoms with Gasteiger partial charge in [0.15, 0.2) is 0 Å². The van der Waals surface area contributed by atoms with Gasteiger partial charge in [-0.05, 0) is 42.7 Å². The molecular formula is C28H29N3O4. The highest BCUT2D eigenvalue weighted by atomic mass is 16.5. The van der Waals surface area contributed by atoms with Crippen LogP contribution in [0.25, 0.3) is 10.9 Å². The molecule has 2 fully saturated rings. The zero-order valence-corrected chi connectivity index (χ0v) is 19.9. The molecule has 0 aliphatic carbocycles. The third-order valence-electron chi connectivity index (χ3n) is 7.87. The lowest BCUT2D eigenvalue weighted by atomic mass is 9.77. The molecule has 2 N–H and O–H groups in total. The van der Waals surface area contributed by atoms with Gasteiger partial charge in [0.1, 0.15) is 11.4 Å². The van der Waals surface area contributed by atoms with Crippen molar-refractivity contribution in [2.24, 2.45) is 11.8 Å². The molecule has 7 nitrogen and oxygen atoms in total. The first-order chi connectivity index (χ1) is 17.0. The van der Waals surface area contributed by atoms with E-state index >= 15 is 0 Å². The summed E-state index contributed by atoms with van der Waals surface area (Å²) in [4.78, 5) is 32.1. The molecule has 0 saturated carbocycles. The number of H-pyrrole nitrogens is 1. The van der Waals surface area contributed by atoms with Crippen LogP contribution in [0, 0.1) is 11.8 Å². The molecule has 6 rings (SSSR count). The summed E-state index contributed by atoms with van der Waals surface area (Å²) in [5, 5.41) is 4.25. The van der Waals surface area contributed by atoms with Crippen LogP contribution in [0.3, 0.4) is 0 Å². The Balaban J connectivity index is 1.16. The summed E-state index contributed by atoms with van der Waals surface area (Å²) in [5.74, 6) is -0.358. The van der Waals surface area contributed by atoms with Gasteiger partial charge in [-0.15, -0.1) is 0 Å². The standard InChI is InChI=1S/C28H29N3O4/c1-17(18-7-9-20(34-2)10-8-18)31-16-28-13-11-23(35-28)24(25(28)27(31)33)26(32)29-14-12-19-15-30-22-6-4-3-5-21(19)22/h3-11,13,15,17,23-25,30H,12,14,16H2,1-2H3,(H,29,32)/t17-,23-,24-,25-,28+/m1/s1. The normalized spacial score (nSPS) is 27.4. The number of fused-ring (bicyclic) bond motifs is 2. The molecule has 2 aromatic carbocycles. The van der Waals surface area contributed by atoms with Gasteiger partial charge in [0.25, 0.3) is 0 Å². The van der Waals surface area contributed by atoms with Crippen molar-refractivity contribution >= 4 is 22.7 Å². The van der Waals surface area contributed by atoms with Crippen LogP contribution < -0.4 is 10.1 Å². The van der Waals surface area contributed by atoms with E-state index in [-0.39, 0.29) is 24.0 Å². The van der Waals surface area contributed by atoms with Crippen molar-refractivity contribution in [1.82, 2.24) is 15.2 Å². The number of carbonyl (C=O) groups excluding carboxylic acids is 2. The van der Waals surface area contributed by atoms with Crippen molar-refractivity contribution in [3.8, 4) is 5.75 Å². The van der Waals surface area contributed by atoms with Gasteiger partial charge in [-0.1, -0.05) is 42.5 Å². The molecule has 3 aliphatic rings. The molecular weight excluding hydrogens is 442 g/mol. The second-order valence-electron chi connectivity index (χ2n) is 9.72. The first-order valence-corrected chi connectivity index (χ1v) is 12.1. The Morgan fingerprint density at radius 2 is 2.06 bits per heavy atom. The fourth-order valence-electron chi connectivity index (χ4n) is 5.99. The van der Waals surface area contributed by atoms with E-state index in [2.05, 4.69) is 16.4 Å². The largest absolute Gasteiger partial charge is 0.497 e. The molecule has 2 bridgehead atoms. The number of carbonyl (C=O) groups is 2. The third kappa shape index (κ3) is 3.45. The lowest BCUT2D eigenvalue weighted by Gasteiger charge is -2.28. The van der Waals surface area contributed by atoms with E-state index in [0.29, 0.717) is 19.5 Å². The van der Waals surface area contributed by atoms with Gasteiger partial charge in [-0.25, -0.2) is 0 Å². The Bertz CT molecular complexity index is 1310. The predicted molar refractivity (Wildman–Crippen MR) is 132 cm³/mol. The summed E-state index contributed by atoms with van der Waals surface area (Å²) in [5.41, 5.74) is 2.55. The number of ether oxygens (including phenoxy) is 2. The van der Waals surface area contributed by atoms with Crippen molar-refractivity contribution in [2.75, 3.05) is 20.2 Å². The van der Waals surface area contributed by atoms with Crippen LogP contribution in [-0.2, 0) is 20.7 Å². The van der Waals surface area contributed by atoms with Gasteiger partial charge in [-0.2, -0.15) is 0 Å². The van der Waals surface area contributed by atoms with Crippen molar-refractivity contribution in [2.45, 2.75) is 31.1 Å². The highest BCUT2D eigenvalue weighted by molar-refractivity contribution is 5.93. The second kappa shape index (κ2) is 8.27. The van der Waals surface area contributed by atoms with Gasteiger partial charge in [0, 0.05) is 23.6 Å². The maximum Gasteiger partial charge on any atom is 0.230 e. The highest BCUT2D eigenvalue weighted by Gasteiger charge is 2.67. The summed E-state index contributed by atoms with van der Waals surface area (Å²) >= 11 is 0. The Morgan fingerprint density at radius 1 is 1.26 bits per heavy atom. The first-order valence-electron chi connectivity index (χ1n) is 12.1. The molecule has 0 radical (unpaired) electrons. The topological polar surface area (TPSA) is 83.7 Å². The zero-order valence-electron chi connectivity index (χ0n) is 19.9. The molecule has 180 valence electrons. The van der Waals surface area contributed by atoms with Crippen LogP contribution in [0.15, 0.2) is 66.9 Å². The molecule has 3 aromatic rings. The quantitative estimate of drug-likeness (QED) is 0.518. The highest BCUT2D eigenvalue weighted by Crippen LogP contribution is 2.53. The van der Waals surface area contributed by atoms with E-state index in [0.717, 1.165) is 22.4 Å². The molecule has 5 atom stereocenters. The lowest BCUT2D eigenvalue weighted by molar-refractivity contribution is -0.138. The Morgan fingerprint density at radius 3 is 2.86 bits per heavy atom. The van der Waals surface area contributed by atoms with Crippen molar-refractivity contribution in [1.29, 1.82) is 0 Å². The second-order valence-corrected chi connectivity index (χ2v) is 9.72. The number of amides is 2. The summed E-state index contributed by atoms with van der Waals surface area (Å²) in [6, 6.07) is 15.8. The number of methoxy groups -OCH3 is 1. The molecule has 35 heavy (non-hydrogen) atoms. The number of para-hydroxylation sites is 1. The smallest absolute Gasteiger partial charge is 0.230 e. The van der Waals surface area contributed by atoms with Crippen LogP contribution in [0.5, 0.6) is 5.75 Å². The molecule has 1 spiro atoms. The molecule has 3 aliphatic heterocycles. The molecule has 7 heteroatoms. The van der Waals surface area contributed by atoms with Crippen molar-refractivity contribution in [3.63, 3.8) is 0 Å². The summed E-state index contributed by atoms with van der Waals surface area (Å²) in [6.07, 6.45) is 6.31. The number of hydrogen-bond donors (Lipinski definition) is 2. The monoisotopic (exact) mass is 471 g/mol. The van der Waals surface area contributed by atoms with Crippen molar-refractivity contribution in [3.05, 3.63) is 78.0 Å². The average molecular weight is 472 g/mol.